The van der Waals surface area contributed by atoms with Gasteiger partial charge in [0.05, 0.1) is 17.4 Å². The van der Waals surface area contributed by atoms with Crippen molar-refractivity contribution < 1.29 is 26.4 Å². The number of nitrogens with zero attached hydrogens (tertiary/aromatic N) is 1. The number of halogens is 3. The van der Waals surface area contributed by atoms with Crippen molar-refractivity contribution in [3.63, 3.8) is 0 Å². The molecule has 0 saturated heterocycles. The van der Waals surface area contributed by atoms with E-state index >= 15 is 0 Å². The summed E-state index contributed by atoms with van der Waals surface area (Å²) in [5.74, 6) is -0.830. The fourth-order valence-corrected chi connectivity index (χ4v) is 4.10. The third-order valence-electron chi connectivity index (χ3n) is 3.57. The van der Waals surface area contributed by atoms with Gasteiger partial charge in [0.1, 0.15) is 0 Å². The summed E-state index contributed by atoms with van der Waals surface area (Å²) >= 11 is 0. The van der Waals surface area contributed by atoms with Crippen LogP contribution in [0.2, 0.25) is 0 Å². The zero-order valence-corrected chi connectivity index (χ0v) is 12.3. The molecule has 1 aliphatic carbocycles. The first-order chi connectivity index (χ1) is 9.12. The third kappa shape index (κ3) is 5.68. The Balaban J connectivity index is 2.38. The third-order valence-corrected chi connectivity index (χ3v) is 5.83. The molecule has 0 unspecified atom stereocenters. The number of sulfone groups is 1. The quantitative estimate of drug-likeness (QED) is 0.754. The predicted octanol–water partition coefficient (Wildman–Crippen LogP) is 2.14. The number of carbonyl (C=O) groups excluding carboxylic acids is 1. The van der Waals surface area contributed by atoms with Gasteiger partial charge in [0.2, 0.25) is 5.91 Å². The van der Waals surface area contributed by atoms with Crippen LogP contribution >= 0.6 is 0 Å². The molecule has 1 amide bonds. The van der Waals surface area contributed by atoms with Crippen LogP contribution < -0.4 is 0 Å². The maximum Gasteiger partial charge on any atom is 0.390 e. The number of rotatable bonds is 6. The van der Waals surface area contributed by atoms with Crippen LogP contribution in [0, 0.1) is 0 Å². The van der Waals surface area contributed by atoms with Gasteiger partial charge < -0.3 is 4.90 Å². The van der Waals surface area contributed by atoms with Gasteiger partial charge in [-0.15, -0.1) is 0 Å². The minimum absolute atomic E-state index is 0.243. The molecule has 1 fully saturated rings. The topological polar surface area (TPSA) is 54.5 Å². The van der Waals surface area contributed by atoms with Crippen molar-refractivity contribution in [3.8, 4) is 0 Å². The lowest BCUT2D eigenvalue weighted by molar-refractivity contribution is -0.143. The molecule has 0 radical (unpaired) electrons. The SMILES string of the molecule is CN(CCC(F)(F)F)C(=O)CCS(=O)(=O)C1CCCC1. The Kier molecular flexibility index (Phi) is 5.85. The van der Waals surface area contributed by atoms with Crippen LogP contribution in [0.1, 0.15) is 38.5 Å². The Bertz CT molecular complexity index is 428. The minimum Gasteiger partial charge on any atom is -0.345 e. The Morgan fingerprint density at radius 3 is 2.30 bits per heavy atom. The van der Waals surface area contributed by atoms with Crippen LogP contribution in [0.3, 0.4) is 0 Å². The highest BCUT2D eigenvalue weighted by molar-refractivity contribution is 7.92. The van der Waals surface area contributed by atoms with Crippen molar-refractivity contribution in [2.75, 3.05) is 19.3 Å². The summed E-state index contributed by atoms with van der Waals surface area (Å²) in [7, 11) is -2.04. The monoisotopic (exact) mass is 315 g/mol. The summed E-state index contributed by atoms with van der Waals surface area (Å²) in [5.41, 5.74) is 0. The first-order valence-corrected chi connectivity index (χ1v) is 8.35. The summed E-state index contributed by atoms with van der Waals surface area (Å²) in [6.07, 6.45) is -2.63. The van der Waals surface area contributed by atoms with Crippen LogP contribution in [0.4, 0.5) is 13.2 Å². The number of hydrogen-bond donors (Lipinski definition) is 0. The van der Waals surface area contributed by atoms with E-state index < -0.39 is 34.9 Å². The molecule has 0 N–H and O–H groups in total. The summed E-state index contributed by atoms with van der Waals surface area (Å²) in [5, 5.41) is -0.379. The lowest BCUT2D eigenvalue weighted by Gasteiger charge is -2.18. The smallest absolute Gasteiger partial charge is 0.345 e. The Labute approximate surface area is 117 Å². The Hall–Kier alpha value is -0.790. The van der Waals surface area contributed by atoms with Gasteiger partial charge in [-0.2, -0.15) is 13.2 Å². The van der Waals surface area contributed by atoms with Crippen LogP contribution in [0.25, 0.3) is 0 Å². The highest BCUT2D eigenvalue weighted by Crippen LogP contribution is 2.25. The second-order valence-electron chi connectivity index (χ2n) is 5.20. The molecule has 0 aromatic rings. The molecule has 4 nitrogen and oxygen atoms in total. The molecule has 0 spiro atoms. The molecule has 118 valence electrons. The van der Waals surface area contributed by atoms with E-state index in [1.165, 1.54) is 7.05 Å². The second-order valence-corrected chi connectivity index (χ2v) is 7.60. The molecule has 8 heteroatoms. The van der Waals surface area contributed by atoms with E-state index in [-0.39, 0.29) is 17.4 Å². The molecule has 1 saturated carbocycles. The Morgan fingerprint density at radius 2 is 1.80 bits per heavy atom. The normalized spacial score (nSPS) is 17.4. The summed E-state index contributed by atoms with van der Waals surface area (Å²) in [4.78, 5) is 12.6. The van der Waals surface area contributed by atoms with E-state index in [4.69, 9.17) is 0 Å². The van der Waals surface area contributed by atoms with Gasteiger partial charge in [0.15, 0.2) is 9.84 Å². The minimum atomic E-state index is -4.32. The van der Waals surface area contributed by atoms with E-state index in [0.29, 0.717) is 12.8 Å². The molecular formula is C12H20F3NO3S. The molecule has 0 atom stereocenters. The van der Waals surface area contributed by atoms with E-state index in [0.717, 1.165) is 17.7 Å². The average Bonchev–Trinajstić information content (AvgIpc) is 2.86. The van der Waals surface area contributed by atoms with Crippen LogP contribution in [0.15, 0.2) is 0 Å². The number of alkyl halides is 3. The van der Waals surface area contributed by atoms with Crippen molar-refractivity contribution in [2.24, 2.45) is 0 Å². The molecule has 0 bridgehead atoms. The summed E-state index contributed by atoms with van der Waals surface area (Å²) < 4.78 is 59.9. The van der Waals surface area contributed by atoms with Gasteiger partial charge in [0.25, 0.3) is 0 Å². The van der Waals surface area contributed by atoms with Crippen molar-refractivity contribution >= 4 is 15.7 Å². The fourth-order valence-electron chi connectivity index (χ4n) is 2.25. The van der Waals surface area contributed by atoms with Crippen molar-refractivity contribution in [3.05, 3.63) is 0 Å². The summed E-state index contributed by atoms with van der Waals surface area (Å²) in [6, 6.07) is 0. The summed E-state index contributed by atoms with van der Waals surface area (Å²) in [6.45, 7) is -0.439. The van der Waals surface area contributed by atoms with Gasteiger partial charge in [0, 0.05) is 20.0 Å². The number of amides is 1. The number of carbonyl (C=O) groups is 1. The molecular weight excluding hydrogens is 295 g/mol. The van der Waals surface area contributed by atoms with Crippen molar-refractivity contribution in [1.29, 1.82) is 0 Å². The van der Waals surface area contributed by atoms with Crippen LogP contribution in [0.5, 0.6) is 0 Å². The zero-order valence-electron chi connectivity index (χ0n) is 11.4. The zero-order chi connectivity index (χ0) is 15.4. The molecule has 1 aliphatic rings. The molecule has 20 heavy (non-hydrogen) atoms. The molecule has 0 aromatic heterocycles. The van der Waals surface area contributed by atoms with Gasteiger partial charge in [-0.25, -0.2) is 8.42 Å². The highest BCUT2D eigenvalue weighted by atomic mass is 32.2. The maximum absolute atomic E-state index is 12.0. The second kappa shape index (κ2) is 6.78. The maximum atomic E-state index is 12.0. The molecule has 0 aromatic carbocycles. The molecule has 1 rings (SSSR count). The van der Waals surface area contributed by atoms with E-state index in [1.54, 1.807) is 0 Å². The largest absolute Gasteiger partial charge is 0.390 e. The lowest BCUT2D eigenvalue weighted by Crippen LogP contribution is -2.32. The fraction of sp³-hybridized carbons (Fsp3) is 0.917. The average molecular weight is 315 g/mol. The predicted molar refractivity (Wildman–Crippen MR) is 69.0 cm³/mol. The van der Waals surface area contributed by atoms with Crippen LogP contribution in [-0.2, 0) is 14.6 Å². The van der Waals surface area contributed by atoms with E-state index in [9.17, 15) is 26.4 Å². The highest BCUT2D eigenvalue weighted by Gasteiger charge is 2.30. The lowest BCUT2D eigenvalue weighted by atomic mass is 10.3. The van der Waals surface area contributed by atoms with E-state index in [1.807, 2.05) is 0 Å². The molecule has 0 heterocycles. The number of hydrogen-bond acceptors (Lipinski definition) is 3. The molecule has 0 aliphatic heterocycles. The van der Waals surface area contributed by atoms with Gasteiger partial charge >= 0.3 is 6.18 Å². The first-order valence-electron chi connectivity index (χ1n) is 6.64. The van der Waals surface area contributed by atoms with Crippen molar-refractivity contribution in [2.45, 2.75) is 50.0 Å². The first kappa shape index (κ1) is 17.3. The Morgan fingerprint density at radius 1 is 1.25 bits per heavy atom. The standard InChI is InChI=1S/C12H20F3NO3S/c1-16(8-7-12(13,14)15)11(17)6-9-20(18,19)10-4-2-3-5-10/h10H,2-9H2,1H3. The van der Waals surface area contributed by atoms with Crippen molar-refractivity contribution in [1.82, 2.24) is 4.90 Å². The van der Waals surface area contributed by atoms with Gasteiger partial charge in [-0.05, 0) is 12.8 Å². The van der Waals surface area contributed by atoms with Gasteiger partial charge in [-0.1, -0.05) is 12.8 Å². The van der Waals surface area contributed by atoms with Gasteiger partial charge in [-0.3, -0.25) is 4.79 Å². The van der Waals surface area contributed by atoms with E-state index in [2.05, 4.69) is 0 Å². The van der Waals surface area contributed by atoms with Crippen LogP contribution in [-0.4, -0.2) is 50.0 Å².